The highest BCUT2D eigenvalue weighted by atomic mass is 15.1. The first-order valence-electron chi connectivity index (χ1n) is 6.29. The van der Waals surface area contributed by atoms with E-state index in [0.29, 0.717) is 6.04 Å². The molecule has 0 bridgehead atoms. The zero-order valence-corrected chi connectivity index (χ0v) is 10.4. The van der Waals surface area contributed by atoms with E-state index < -0.39 is 0 Å². The molecule has 2 rings (SSSR count). The van der Waals surface area contributed by atoms with E-state index in [9.17, 15) is 0 Å². The summed E-state index contributed by atoms with van der Waals surface area (Å²) >= 11 is 0. The zero-order chi connectivity index (χ0) is 12.1. The van der Waals surface area contributed by atoms with Crippen molar-refractivity contribution in [3.63, 3.8) is 0 Å². The van der Waals surface area contributed by atoms with Gasteiger partial charge in [-0.1, -0.05) is 37.1 Å². The predicted molar refractivity (Wildman–Crippen MR) is 71.7 cm³/mol. The number of fused-ring (bicyclic) bond motifs is 1. The van der Waals surface area contributed by atoms with Crippen molar-refractivity contribution < 1.29 is 0 Å². The fourth-order valence-corrected chi connectivity index (χ4v) is 2.40. The molecule has 1 atom stereocenters. The maximum Gasteiger partial charge on any atom is 0.0599 e. The summed E-state index contributed by atoms with van der Waals surface area (Å²) in [5, 5.41) is 3.59. The molecule has 1 aliphatic rings. The summed E-state index contributed by atoms with van der Waals surface area (Å²) in [5.74, 6) is 2.73. The zero-order valence-electron chi connectivity index (χ0n) is 10.4. The maximum absolute atomic E-state index is 5.37. The summed E-state index contributed by atoms with van der Waals surface area (Å²) in [6.07, 6.45) is 6.48. The van der Waals surface area contributed by atoms with Crippen molar-refractivity contribution in [2.24, 2.45) is 0 Å². The molecule has 0 spiro atoms. The number of terminal acetylenes is 1. The molecule has 1 aliphatic heterocycles. The van der Waals surface area contributed by atoms with E-state index in [1.54, 1.807) is 0 Å². The highest BCUT2D eigenvalue weighted by molar-refractivity contribution is 5.29. The minimum Gasteiger partial charge on any atom is -0.308 e. The molecule has 0 saturated carbocycles. The molecule has 0 amide bonds. The minimum atomic E-state index is 0.526. The van der Waals surface area contributed by atoms with Crippen LogP contribution in [0.15, 0.2) is 24.3 Å². The lowest BCUT2D eigenvalue weighted by Crippen LogP contribution is -2.44. The molecule has 0 aliphatic carbocycles. The van der Waals surface area contributed by atoms with Gasteiger partial charge in [0.15, 0.2) is 0 Å². The van der Waals surface area contributed by atoms with Crippen LogP contribution in [0.3, 0.4) is 0 Å². The molecule has 1 unspecified atom stereocenters. The number of nitrogens with one attached hydrogen (secondary N) is 1. The van der Waals surface area contributed by atoms with Crippen LogP contribution in [0.4, 0.5) is 0 Å². The van der Waals surface area contributed by atoms with Crippen LogP contribution in [0.25, 0.3) is 0 Å². The second-order valence-corrected chi connectivity index (χ2v) is 4.58. The molecule has 2 nitrogen and oxygen atoms in total. The fraction of sp³-hybridized carbons (Fsp3) is 0.467. The second-order valence-electron chi connectivity index (χ2n) is 4.58. The third-order valence-electron chi connectivity index (χ3n) is 3.41. The fourth-order valence-electron chi connectivity index (χ4n) is 2.40. The van der Waals surface area contributed by atoms with Crippen molar-refractivity contribution in [3.05, 3.63) is 35.4 Å². The average molecular weight is 228 g/mol. The van der Waals surface area contributed by atoms with Gasteiger partial charge in [0.2, 0.25) is 0 Å². The number of benzene rings is 1. The lowest BCUT2D eigenvalue weighted by molar-refractivity contribution is 0.272. The van der Waals surface area contributed by atoms with Crippen LogP contribution in [0.5, 0.6) is 0 Å². The second kappa shape index (κ2) is 5.86. The molecule has 1 N–H and O–H groups in total. The molecule has 1 aromatic carbocycles. The molecule has 1 aromatic rings. The quantitative estimate of drug-likeness (QED) is 0.788. The highest BCUT2D eigenvalue weighted by Gasteiger charge is 2.18. The van der Waals surface area contributed by atoms with Gasteiger partial charge in [-0.05, 0) is 24.1 Å². The number of rotatable bonds is 4. The predicted octanol–water partition coefficient (Wildman–Crippen LogP) is 1.66. The molecule has 90 valence electrons. The molecule has 17 heavy (non-hydrogen) atoms. The van der Waals surface area contributed by atoms with E-state index >= 15 is 0 Å². The van der Waals surface area contributed by atoms with Gasteiger partial charge in [0.25, 0.3) is 0 Å². The highest BCUT2D eigenvalue weighted by Crippen LogP contribution is 2.16. The van der Waals surface area contributed by atoms with Crippen LogP contribution in [-0.4, -0.2) is 30.6 Å². The van der Waals surface area contributed by atoms with Gasteiger partial charge >= 0.3 is 0 Å². The number of hydrogen-bond donors (Lipinski definition) is 1. The van der Waals surface area contributed by atoms with Gasteiger partial charge in [0.1, 0.15) is 0 Å². The molecule has 2 heteroatoms. The number of nitrogens with zero attached hydrogens (tertiary/aromatic N) is 1. The Kier molecular flexibility index (Phi) is 4.19. The van der Waals surface area contributed by atoms with Gasteiger partial charge in [-0.2, -0.15) is 0 Å². The smallest absolute Gasteiger partial charge is 0.0599 e. The normalized spacial score (nSPS) is 18.8. The average Bonchev–Trinajstić information content (AvgIpc) is 2.38. The van der Waals surface area contributed by atoms with Crippen LogP contribution in [0, 0.1) is 12.3 Å². The molecule has 0 fully saturated rings. The van der Waals surface area contributed by atoms with Crippen molar-refractivity contribution in [1.82, 2.24) is 10.2 Å². The Labute approximate surface area is 104 Å². The summed E-state index contributed by atoms with van der Waals surface area (Å²) in [5.41, 5.74) is 2.91. The largest absolute Gasteiger partial charge is 0.308 e. The monoisotopic (exact) mass is 228 g/mol. The molecule has 1 heterocycles. The van der Waals surface area contributed by atoms with Crippen LogP contribution >= 0.6 is 0 Å². The molecular formula is C15H20N2. The van der Waals surface area contributed by atoms with Crippen LogP contribution < -0.4 is 5.32 Å². The topological polar surface area (TPSA) is 15.3 Å². The van der Waals surface area contributed by atoms with Crippen LogP contribution in [0.1, 0.15) is 18.1 Å². The Morgan fingerprint density at radius 1 is 1.41 bits per heavy atom. The van der Waals surface area contributed by atoms with Gasteiger partial charge < -0.3 is 5.32 Å². The van der Waals surface area contributed by atoms with Crippen LogP contribution in [-0.2, 0) is 13.0 Å². The van der Waals surface area contributed by atoms with E-state index in [0.717, 1.165) is 32.6 Å². The van der Waals surface area contributed by atoms with Gasteiger partial charge in [-0.3, -0.25) is 4.90 Å². The number of likely N-dealkylation sites (N-methyl/N-ethyl adjacent to an activating group) is 1. The van der Waals surface area contributed by atoms with Crippen molar-refractivity contribution in [1.29, 1.82) is 0 Å². The Morgan fingerprint density at radius 3 is 2.88 bits per heavy atom. The first-order valence-corrected chi connectivity index (χ1v) is 6.29. The summed E-state index contributed by atoms with van der Waals surface area (Å²) in [4.78, 5) is 2.31. The maximum atomic E-state index is 5.37. The van der Waals surface area contributed by atoms with Crippen molar-refractivity contribution >= 4 is 0 Å². The Balaban J connectivity index is 1.96. The van der Waals surface area contributed by atoms with Crippen LogP contribution in [0.2, 0.25) is 0 Å². The van der Waals surface area contributed by atoms with Crippen molar-refractivity contribution in [2.45, 2.75) is 25.9 Å². The number of hydrogen-bond acceptors (Lipinski definition) is 2. The first kappa shape index (κ1) is 12.2. The van der Waals surface area contributed by atoms with E-state index in [-0.39, 0.29) is 0 Å². The Hall–Kier alpha value is -1.30. The van der Waals surface area contributed by atoms with Crippen molar-refractivity contribution in [3.8, 4) is 12.3 Å². The summed E-state index contributed by atoms with van der Waals surface area (Å²) in [6.45, 7) is 5.94. The molecule has 0 radical (unpaired) electrons. The molecule has 0 aromatic heterocycles. The Bertz CT molecular complexity index is 406. The third kappa shape index (κ3) is 3.09. The van der Waals surface area contributed by atoms with E-state index in [2.05, 4.69) is 47.3 Å². The minimum absolute atomic E-state index is 0.526. The SMILES string of the molecule is C#CCN(CC)CC1Cc2ccccc2CN1. The lowest BCUT2D eigenvalue weighted by Gasteiger charge is -2.30. The van der Waals surface area contributed by atoms with Gasteiger partial charge in [-0.15, -0.1) is 6.42 Å². The molecular weight excluding hydrogens is 208 g/mol. The van der Waals surface area contributed by atoms with E-state index in [1.165, 1.54) is 11.1 Å². The first-order chi connectivity index (χ1) is 8.33. The third-order valence-corrected chi connectivity index (χ3v) is 3.41. The lowest BCUT2D eigenvalue weighted by atomic mass is 9.95. The van der Waals surface area contributed by atoms with Gasteiger partial charge in [0.05, 0.1) is 6.54 Å². The van der Waals surface area contributed by atoms with E-state index in [4.69, 9.17) is 6.42 Å². The van der Waals surface area contributed by atoms with E-state index in [1.807, 2.05) is 0 Å². The summed E-state index contributed by atoms with van der Waals surface area (Å²) in [6, 6.07) is 9.20. The van der Waals surface area contributed by atoms with Gasteiger partial charge in [0, 0.05) is 19.1 Å². The van der Waals surface area contributed by atoms with Gasteiger partial charge in [-0.25, -0.2) is 0 Å². The standard InChI is InChI=1S/C15H20N2/c1-3-9-17(4-2)12-15-10-13-7-5-6-8-14(13)11-16-15/h1,5-8,15-16H,4,9-12H2,2H3. The molecule has 0 saturated heterocycles. The summed E-state index contributed by atoms with van der Waals surface area (Å²) < 4.78 is 0. The Morgan fingerprint density at radius 2 is 2.18 bits per heavy atom. The summed E-state index contributed by atoms with van der Waals surface area (Å²) in [7, 11) is 0. The van der Waals surface area contributed by atoms with Crippen molar-refractivity contribution in [2.75, 3.05) is 19.6 Å².